The van der Waals surface area contributed by atoms with E-state index >= 15 is 0 Å². The first-order valence-corrected chi connectivity index (χ1v) is 13.9. The summed E-state index contributed by atoms with van der Waals surface area (Å²) in [5.74, 6) is 0.860. The standard InChI is InChI=1S/C29H39F3N2S/c1-33(2)18-19-34-16-6-5-8-22(15-17-34)9-7-11-23-20-24-10-3-4-12-27(24)35-28-14-13-25(21-26(23)28)29(30,31)32/h3-4,10,12-14,21-23H,5-9,11,15-20H2,1-2H3. The van der Waals surface area contributed by atoms with Gasteiger partial charge in [-0.3, -0.25) is 0 Å². The summed E-state index contributed by atoms with van der Waals surface area (Å²) in [5, 5.41) is 0. The first-order chi connectivity index (χ1) is 16.8. The van der Waals surface area contributed by atoms with E-state index in [4.69, 9.17) is 0 Å². The zero-order chi connectivity index (χ0) is 24.8. The molecule has 0 amide bonds. The van der Waals surface area contributed by atoms with E-state index < -0.39 is 11.7 Å². The van der Waals surface area contributed by atoms with Gasteiger partial charge in [-0.1, -0.05) is 55.6 Å². The fourth-order valence-electron chi connectivity index (χ4n) is 5.56. The summed E-state index contributed by atoms with van der Waals surface area (Å²) in [4.78, 5) is 7.02. The molecule has 2 aliphatic heterocycles. The molecule has 0 saturated carbocycles. The molecule has 6 heteroatoms. The van der Waals surface area contributed by atoms with Crippen LogP contribution in [0.1, 0.15) is 67.6 Å². The molecule has 0 N–H and O–H groups in total. The molecule has 35 heavy (non-hydrogen) atoms. The quantitative estimate of drug-likeness (QED) is 0.381. The number of benzene rings is 2. The minimum Gasteiger partial charge on any atom is -0.308 e. The Morgan fingerprint density at radius 2 is 1.80 bits per heavy atom. The van der Waals surface area contributed by atoms with Gasteiger partial charge in [0.05, 0.1) is 5.56 Å². The predicted octanol–water partition coefficient (Wildman–Crippen LogP) is 7.72. The summed E-state index contributed by atoms with van der Waals surface area (Å²) in [6.07, 6.45) is 4.82. The van der Waals surface area contributed by atoms with E-state index in [0.717, 1.165) is 48.7 Å². The highest BCUT2D eigenvalue weighted by atomic mass is 32.2. The first kappa shape index (κ1) is 26.6. The van der Waals surface area contributed by atoms with Crippen LogP contribution in [0.2, 0.25) is 0 Å². The van der Waals surface area contributed by atoms with Crippen LogP contribution in [0.15, 0.2) is 52.3 Å². The highest BCUT2D eigenvalue weighted by Crippen LogP contribution is 2.45. The van der Waals surface area contributed by atoms with Crippen molar-refractivity contribution in [2.45, 2.75) is 73.3 Å². The van der Waals surface area contributed by atoms with Crippen molar-refractivity contribution in [1.82, 2.24) is 9.80 Å². The summed E-state index contributed by atoms with van der Waals surface area (Å²) in [6, 6.07) is 12.7. The van der Waals surface area contributed by atoms with Crippen molar-refractivity contribution in [3.8, 4) is 0 Å². The highest BCUT2D eigenvalue weighted by molar-refractivity contribution is 7.99. The van der Waals surface area contributed by atoms with Gasteiger partial charge >= 0.3 is 6.18 Å². The topological polar surface area (TPSA) is 6.48 Å². The van der Waals surface area contributed by atoms with Gasteiger partial charge in [0.2, 0.25) is 0 Å². The lowest BCUT2D eigenvalue weighted by atomic mass is 9.84. The molecule has 4 rings (SSSR count). The van der Waals surface area contributed by atoms with Gasteiger partial charge in [-0.2, -0.15) is 13.2 Å². The largest absolute Gasteiger partial charge is 0.416 e. The van der Waals surface area contributed by atoms with Crippen molar-refractivity contribution in [2.75, 3.05) is 40.3 Å². The SMILES string of the molecule is CN(C)CCN1CCCCC(CCCC2Cc3ccccc3Sc3ccc(C(F)(F)F)cc32)CC1. The van der Waals surface area contributed by atoms with Gasteiger partial charge in [0.1, 0.15) is 0 Å². The summed E-state index contributed by atoms with van der Waals surface area (Å²) in [5.41, 5.74) is 1.62. The highest BCUT2D eigenvalue weighted by Gasteiger charge is 2.33. The van der Waals surface area contributed by atoms with E-state index in [1.807, 2.05) is 12.1 Å². The molecule has 1 fully saturated rings. The van der Waals surface area contributed by atoms with Crippen LogP contribution >= 0.6 is 11.8 Å². The molecule has 0 spiro atoms. The molecule has 0 aliphatic carbocycles. The van der Waals surface area contributed by atoms with E-state index in [1.54, 1.807) is 17.8 Å². The molecule has 2 unspecified atom stereocenters. The average Bonchev–Trinajstić information content (AvgIpc) is 2.95. The zero-order valence-electron chi connectivity index (χ0n) is 21.1. The van der Waals surface area contributed by atoms with Crippen molar-refractivity contribution in [3.63, 3.8) is 0 Å². The van der Waals surface area contributed by atoms with E-state index in [0.29, 0.717) is 0 Å². The van der Waals surface area contributed by atoms with Crippen LogP contribution in [-0.4, -0.2) is 50.1 Å². The molecule has 2 heterocycles. The van der Waals surface area contributed by atoms with Crippen LogP contribution in [0.3, 0.4) is 0 Å². The van der Waals surface area contributed by atoms with E-state index in [2.05, 4.69) is 36.0 Å². The maximum Gasteiger partial charge on any atom is 0.416 e. The third-order valence-corrected chi connectivity index (χ3v) is 8.86. The van der Waals surface area contributed by atoms with Crippen molar-refractivity contribution in [2.24, 2.45) is 5.92 Å². The molecule has 2 atom stereocenters. The number of nitrogens with zero attached hydrogens (tertiary/aromatic N) is 2. The molecule has 192 valence electrons. The number of hydrogen-bond donors (Lipinski definition) is 0. The lowest BCUT2D eigenvalue weighted by Gasteiger charge is -2.29. The second kappa shape index (κ2) is 12.2. The Balaban J connectivity index is 1.42. The molecule has 2 aromatic rings. The number of fused-ring (bicyclic) bond motifs is 2. The van der Waals surface area contributed by atoms with Crippen molar-refractivity contribution in [3.05, 3.63) is 59.2 Å². The zero-order valence-corrected chi connectivity index (χ0v) is 21.9. The molecule has 2 nitrogen and oxygen atoms in total. The van der Waals surface area contributed by atoms with Gasteiger partial charge in [-0.15, -0.1) is 0 Å². The molecule has 0 bridgehead atoms. The number of hydrogen-bond acceptors (Lipinski definition) is 3. The number of halogens is 3. The molecule has 0 aromatic heterocycles. The van der Waals surface area contributed by atoms with Crippen molar-refractivity contribution >= 4 is 11.8 Å². The lowest BCUT2D eigenvalue weighted by Crippen LogP contribution is -2.35. The summed E-state index contributed by atoms with van der Waals surface area (Å²) in [7, 11) is 4.26. The second-order valence-corrected chi connectivity index (χ2v) is 11.7. The van der Waals surface area contributed by atoms with E-state index in [-0.39, 0.29) is 5.92 Å². The number of likely N-dealkylation sites (N-methyl/N-ethyl adjacent to an activating group) is 1. The average molecular weight is 505 g/mol. The van der Waals surface area contributed by atoms with E-state index in [1.165, 1.54) is 67.8 Å². The third kappa shape index (κ3) is 7.50. The van der Waals surface area contributed by atoms with E-state index in [9.17, 15) is 13.2 Å². The Morgan fingerprint density at radius 1 is 0.971 bits per heavy atom. The van der Waals surface area contributed by atoms with Crippen LogP contribution < -0.4 is 0 Å². The van der Waals surface area contributed by atoms with Gasteiger partial charge in [0.25, 0.3) is 0 Å². The Kier molecular flexibility index (Phi) is 9.23. The monoisotopic (exact) mass is 504 g/mol. The first-order valence-electron chi connectivity index (χ1n) is 13.1. The van der Waals surface area contributed by atoms with Gasteiger partial charge < -0.3 is 9.80 Å². The molecule has 2 aliphatic rings. The predicted molar refractivity (Wildman–Crippen MR) is 139 cm³/mol. The van der Waals surface area contributed by atoms with Crippen molar-refractivity contribution < 1.29 is 13.2 Å². The van der Waals surface area contributed by atoms with Gasteiger partial charge in [-0.05, 0) is 100 Å². The molecule has 1 saturated heterocycles. The van der Waals surface area contributed by atoms with Gasteiger partial charge in [-0.25, -0.2) is 0 Å². The normalized spacial score (nSPS) is 21.7. The number of rotatable bonds is 7. The van der Waals surface area contributed by atoms with Crippen LogP contribution in [0.5, 0.6) is 0 Å². The van der Waals surface area contributed by atoms with Gasteiger partial charge in [0, 0.05) is 22.9 Å². The second-order valence-electron chi connectivity index (χ2n) is 10.6. The molecule has 0 radical (unpaired) electrons. The minimum absolute atomic E-state index is 0.133. The molecule has 2 aromatic carbocycles. The summed E-state index contributed by atoms with van der Waals surface area (Å²) >= 11 is 1.62. The lowest BCUT2D eigenvalue weighted by molar-refractivity contribution is -0.137. The maximum atomic E-state index is 13.5. The minimum atomic E-state index is -4.30. The van der Waals surface area contributed by atoms with Crippen LogP contribution in [0, 0.1) is 5.92 Å². The summed E-state index contributed by atoms with van der Waals surface area (Å²) in [6.45, 7) is 4.62. The van der Waals surface area contributed by atoms with Crippen LogP contribution in [0.25, 0.3) is 0 Å². The van der Waals surface area contributed by atoms with Crippen molar-refractivity contribution in [1.29, 1.82) is 0 Å². The van der Waals surface area contributed by atoms with Crippen LogP contribution in [-0.2, 0) is 12.6 Å². The summed E-state index contributed by atoms with van der Waals surface area (Å²) < 4.78 is 40.6. The maximum absolute atomic E-state index is 13.5. The fraction of sp³-hybridized carbons (Fsp3) is 0.586. The molecular formula is C29H39F3N2S. The Bertz CT molecular complexity index is 959. The third-order valence-electron chi connectivity index (χ3n) is 7.65. The number of alkyl halides is 3. The van der Waals surface area contributed by atoms with Crippen LogP contribution in [0.4, 0.5) is 13.2 Å². The Morgan fingerprint density at radius 3 is 2.60 bits per heavy atom. The molecular weight excluding hydrogens is 465 g/mol. The Hall–Kier alpha value is -1.50. The fourth-order valence-corrected chi connectivity index (χ4v) is 6.70. The smallest absolute Gasteiger partial charge is 0.308 e. The number of likely N-dealkylation sites (tertiary alicyclic amines) is 1. The van der Waals surface area contributed by atoms with Gasteiger partial charge in [0.15, 0.2) is 0 Å². The Labute approximate surface area is 213 Å².